The van der Waals surface area contributed by atoms with Crippen LogP contribution in [0, 0.1) is 5.82 Å². The van der Waals surface area contributed by atoms with Gasteiger partial charge < -0.3 is 10.6 Å². The maximum absolute atomic E-state index is 12.9. The Bertz CT molecular complexity index is 1030. The molecule has 148 valence electrons. The number of urea groups is 1. The number of aromatic nitrogens is 1. The van der Waals surface area contributed by atoms with Crippen LogP contribution in [-0.2, 0) is 11.2 Å². The van der Waals surface area contributed by atoms with E-state index in [1.807, 2.05) is 0 Å². The number of carbonyl (C=O) groups excluding carboxylic acids is 3. The maximum Gasteiger partial charge on any atom is 0.325 e. The lowest BCUT2D eigenvalue weighted by atomic mass is 10.1. The molecule has 0 spiro atoms. The minimum Gasteiger partial charge on any atom is -0.326 e. The Labute approximate surface area is 170 Å². The number of halogens is 1. The molecule has 0 saturated carbocycles. The number of nitrogens with zero attached hydrogens (tertiary/aromatic N) is 1. The van der Waals surface area contributed by atoms with E-state index in [1.54, 1.807) is 29.6 Å². The number of ketones is 1. The fourth-order valence-electron chi connectivity index (χ4n) is 2.40. The third kappa shape index (κ3) is 5.94. The molecule has 0 bridgehead atoms. The van der Waals surface area contributed by atoms with E-state index in [0.717, 1.165) is 0 Å². The molecule has 0 aliphatic heterocycles. The van der Waals surface area contributed by atoms with Gasteiger partial charge >= 0.3 is 6.03 Å². The molecule has 3 amide bonds. The predicted octanol–water partition coefficient (Wildman–Crippen LogP) is 4.31. The van der Waals surface area contributed by atoms with Crippen molar-refractivity contribution in [3.05, 3.63) is 71.0 Å². The van der Waals surface area contributed by atoms with E-state index in [9.17, 15) is 18.8 Å². The van der Waals surface area contributed by atoms with Crippen LogP contribution in [-0.4, -0.2) is 22.7 Å². The fraction of sp³-hybridized carbons (Fsp3) is 0.100. The van der Waals surface area contributed by atoms with Gasteiger partial charge in [-0.25, -0.2) is 14.2 Å². The molecule has 3 N–H and O–H groups in total. The van der Waals surface area contributed by atoms with Crippen molar-refractivity contribution in [1.82, 2.24) is 4.98 Å². The van der Waals surface area contributed by atoms with E-state index < -0.39 is 11.8 Å². The lowest BCUT2D eigenvalue weighted by Gasteiger charge is -2.05. The van der Waals surface area contributed by atoms with Gasteiger partial charge in [0.25, 0.3) is 0 Å². The smallest absolute Gasteiger partial charge is 0.325 e. The van der Waals surface area contributed by atoms with E-state index in [0.29, 0.717) is 27.8 Å². The molecular weight excluding hydrogens is 395 g/mol. The highest BCUT2D eigenvalue weighted by atomic mass is 32.1. The van der Waals surface area contributed by atoms with Gasteiger partial charge in [-0.05, 0) is 55.5 Å². The third-order valence-corrected chi connectivity index (χ3v) is 4.60. The van der Waals surface area contributed by atoms with Gasteiger partial charge in [-0.1, -0.05) is 0 Å². The summed E-state index contributed by atoms with van der Waals surface area (Å²) in [6.45, 7) is 1.47. The first-order valence-corrected chi connectivity index (χ1v) is 9.46. The van der Waals surface area contributed by atoms with E-state index >= 15 is 0 Å². The highest BCUT2D eigenvalue weighted by molar-refractivity contribution is 7.14. The summed E-state index contributed by atoms with van der Waals surface area (Å²) in [7, 11) is 0. The van der Waals surface area contributed by atoms with Crippen LogP contribution in [0.2, 0.25) is 0 Å². The van der Waals surface area contributed by atoms with Crippen LogP contribution in [0.25, 0.3) is 0 Å². The number of hydrogen-bond donors (Lipinski definition) is 3. The largest absolute Gasteiger partial charge is 0.326 e. The van der Waals surface area contributed by atoms with Gasteiger partial charge in [0, 0.05) is 22.3 Å². The van der Waals surface area contributed by atoms with Gasteiger partial charge in [0.15, 0.2) is 10.9 Å². The predicted molar refractivity (Wildman–Crippen MR) is 110 cm³/mol. The van der Waals surface area contributed by atoms with E-state index in [4.69, 9.17) is 0 Å². The second kappa shape index (κ2) is 9.07. The van der Waals surface area contributed by atoms with Gasteiger partial charge in [0.1, 0.15) is 5.82 Å². The molecule has 0 atom stereocenters. The summed E-state index contributed by atoms with van der Waals surface area (Å²) < 4.78 is 12.9. The molecule has 0 fully saturated rings. The Balaban J connectivity index is 1.51. The second-order valence-corrected chi connectivity index (χ2v) is 6.95. The zero-order valence-corrected chi connectivity index (χ0v) is 16.2. The summed E-state index contributed by atoms with van der Waals surface area (Å²) in [6.07, 6.45) is 0.0339. The Morgan fingerprint density at radius 2 is 1.55 bits per heavy atom. The van der Waals surface area contributed by atoms with Crippen LogP contribution in [0.15, 0.2) is 53.9 Å². The summed E-state index contributed by atoms with van der Waals surface area (Å²) in [4.78, 5) is 39.6. The maximum atomic E-state index is 12.9. The quantitative estimate of drug-likeness (QED) is 0.525. The Hall–Kier alpha value is -3.59. The lowest BCUT2D eigenvalue weighted by molar-refractivity contribution is -0.115. The average molecular weight is 412 g/mol. The van der Waals surface area contributed by atoms with Crippen LogP contribution < -0.4 is 16.0 Å². The van der Waals surface area contributed by atoms with Crippen molar-refractivity contribution < 1.29 is 18.8 Å². The summed E-state index contributed by atoms with van der Waals surface area (Å²) in [6, 6.07) is 11.4. The third-order valence-electron chi connectivity index (χ3n) is 3.79. The molecule has 7 nitrogen and oxygen atoms in total. The van der Waals surface area contributed by atoms with Gasteiger partial charge in [-0.15, -0.1) is 11.3 Å². The van der Waals surface area contributed by atoms with Crippen LogP contribution >= 0.6 is 11.3 Å². The van der Waals surface area contributed by atoms with Crippen LogP contribution in [0.3, 0.4) is 0 Å². The molecule has 1 aromatic heterocycles. The van der Waals surface area contributed by atoms with Crippen molar-refractivity contribution in [2.45, 2.75) is 13.3 Å². The standard InChI is InChI=1S/C20H17FN4O3S/c1-12(26)13-2-6-15(7-3-13)22-18(27)10-17-11-29-20(24-17)25-19(28)23-16-8-4-14(21)5-9-16/h2-9,11H,10H2,1H3,(H,22,27)(H2,23,24,25,28). The van der Waals surface area contributed by atoms with Crippen molar-refractivity contribution in [3.8, 4) is 0 Å². The summed E-state index contributed by atoms with van der Waals surface area (Å²) in [5.74, 6) is -0.712. The van der Waals surface area contributed by atoms with Crippen LogP contribution in [0.4, 0.5) is 25.7 Å². The molecule has 29 heavy (non-hydrogen) atoms. The van der Waals surface area contributed by atoms with E-state index in [2.05, 4.69) is 20.9 Å². The molecular formula is C20H17FN4O3S. The number of benzene rings is 2. The Morgan fingerprint density at radius 1 is 0.931 bits per heavy atom. The number of Topliss-reactive ketones (excluding diaryl/α,β-unsaturated/α-hetero) is 1. The number of nitrogens with one attached hydrogen (secondary N) is 3. The molecule has 0 unspecified atom stereocenters. The number of amides is 3. The summed E-state index contributed by atoms with van der Waals surface area (Å²) in [5.41, 5.74) is 2.09. The molecule has 0 aliphatic carbocycles. The van der Waals surface area contributed by atoms with Crippen molar-refractivity contribution in [2.75, 3.05) is 16.0 Å². The number of carbonyl (C=O) groups is 3. The molecule has 9 heteroatoms. The molecule has 1 heterocycles. The highest BCUT2D eigenvalue weighted by Crippen LogP contribution is 2.17. The van der Waals surface area contributed by atoms with Crippen molar-refractivity contribution in [2.24, 2.45) is 0 Å². The van der Waals surface area contributed by atoms with Gasteiger partial charge in [-0.3, -0.25) is 14.9 Å². The monoisotopic (exact) mass is 412 g/mol. The van der Waals surface area contributed by atoms with E-state index in [1.165, 1.54) is 42.5 Å². The Morgan fingerprint density at radius 3 is 2.21 bits per heavy atom. The van der Waals surface area contributed by atoms with Crippen molar-refractivity contribution in [1.29, 1.82) is 0 Å². The van der Waals surface area contributed by atoms with Gasteiger partial charge in [-0.2, -0.15) is 0 Å². The van der Waals surface area contributed by atoms with Gasteiger partial charge in [0.2, 0.25) is 5.91 Å². The molecule has 0 saturated heterocycles. The van der Waals surface area contributed by atoms with Crippen LogP contribution in [0.5, 0.6) is 0 Å². The topological polar surface area (TPSA) is 100 Å². The summed E-state index contributed by atoms with van der Waals surface area (Å²) in [5, 5.41) is 9.86. The molecule has 3 rings (SSSR count). The average Bonchev–Trinajstić information content (AvgIpc) is 3.10. The molecule has 3 aromatic rings. The lowest BCUT2D eigenvalue weighted by Crippen LogP contribution is -2.19. The SMILES string of the molecule is CC(=O)c1ccc(NC(=O)Cc2csc(NC(=O)Nc3ccc(F)cc3)n2)cc1. The van der Waals surface area contributed by atoms with Crippen LogP contribution in [0.1, 0.15) is 23.0 Å². The molecule has 0 aliphatic rings. The minimum absolute atomic E-state index is 0.0339. The van der Waals surface area contributed by atoms with Gasteiger partial charge in [0.05, 0.1) is 12.1 Å². The first-order valence-electron chi connectivity index (χ1n) is 8.58. The number of rotatable bonds is 6. The minimum atomic E-state index is -0.521. The second-order valence-electron chi connectivity index (χ2n) is 6.09. The highest BCUT2D eigenvalue weighted by Gasteiger charge is 2.11. The summed E-state index contributed by atoms with van der Waals surface area (Å²) >= 11 is 1.18. The fourth-order valence-corrected chi connectivity index (χ4v) is 3.10. The number of anilines is 3. The zero-order valence-electron chi connectivity index (χ0n) is 15.4. The molecule has 0 radical (unpaired) electrons. The number of thiazole rings is 1. The molecule has 2 aromatic carbocycles. The first kappa shape index (κ1) is 20.2. The van der Waals surface area contributed by atoms with Crippen molar-refractivity contribution in [3.63, 3.8) is 0 Å². The number of hydrogen-bond acceptors (Lipinski definition) is 5. The van der Waals surface area contributed by atoms with E-state index in [-0.39, 0.29) is 18.1 Å². The Kier molecular flexibility index (Phi) is 6.30. The zero-order chi connectivity index (χ0) is 20.8. The normalized spacial score (nSPS) is 10.3. The van der Waals surface area contributed by atoms with Crippen molar-refractivity contribution >= 4 is 45.6 Å². The first-order chi connectivity index (χ1) is 13.9.